The van der Waals surface area contributed by atoms with Crippen molar-refractivity contribution in [1.82, 2.24) is 9.80 Å². The topological polar surface area (TPSA) is 88.2 Å². The Morgan fingerprint density at radius 1 is 1.25 bits per heavy atom. The third-order valence-corrected chi connectivity index (χ3v) is 4.25. The number of rotatable bonds is 3. The highest BCUT2D eigenvalue weighted by molar-refractivity contribution is 5.98. The van der Waals surface area contributed by atoms with Gasteiger partial charge >= 0.3 is 12.1 Å². The molecule has 0 aromatic heterocycles. The first-order chi connectivity index (χ1) is 11.6. The Morgan fingerprint density at radius 2 is 1.96 bits per heavy atom. The summed E-state index contributed by atoms with van der Waals surface area (Å²) in [7, 11) is 1.54. The Morgan fingerprint density at radius 3 is 2.58 bits per heavy atom. The van der Waals surface area contributed by atoms with Gasteiger partial charge in [0.2, 0.25) is 0 Å². The van der Waals surface area contributed by atoms with E-state index in [1.165, 1.54) is 4.90 Å². The molecule has 0 aliphatic carbocycles. The van der Waals surface area contributed by atoms with Crippen LogP contribution in [0.1, 0.15) is 12.8 Å². The third kappa shape index (κ3) is 3.12. The van der Waals surface area contributed by atoms with Crippen LogP contribution in [0.3, 0.4) is 0 Å². The molecule has 8 heteroatoms. The molecule has 0 atom stereocenters. The van der Waals surface area contributed by atoms with Crippen LogP contribution in [0, 0.1) is 0 Å². The summed E-state index contributed by atoms with van der Waals surface area (Å²) in [5.74, 6) is 0.281. The fraction of sp³-hybridized carbons (Fsp3) is 0.438. The van der Waals surface area contributed by atoms with E-state index < -0.39 is 6.09 Å². The zero-order valence-corrected chi connectivity index (χ0v) is 13.4. The number of nitrogens with zero attached hydrogens (tertiary/aromatic N) is 2. The summed E-state index contributed by atoms with van der Waals surface area (Å²) in [6.45, 7) is 0.735. The number of anilines is 1. The number of likely N-dealkylation sites (tertiary alicyclic amines) is 1. The van der Waals surface area contributed by atoms with E-state index in [1.54, 1.807) is 24.1 Å². The average molecular weight is 333 g/mol. The number of benzene rings is 1. The molecule has 0 unspecified atom stereocenters. The lowest BCUT2D eigenvalue weighted by atomic mass is 10.0. The largest absolute Gasteiger partial charge is 0.495 e. The standard InChI is InChI=1S/C16H19N3O5/c1-23-13-5-3-2-4-12(13)17-15(21)18-8-6-11(7-9-18)19-14(20)10-24-16(19)22/h2-5,11H,6-10H2,1H3,(H,17,21). The van der Waals surface area contributed by atoms with Crippen molar-refractivity contribution in [3.8, 4) is 5.75 Å². The van der Waals surface area contributed by atoms with E-state index in [2.05, 4.69) is 5.32 Å². The van der Waals surface area contributed by atoms with E-state index in [-0.39, 0.29) is 24.6 Å². The predicted octanol–water partition coefficient (Wildman–Crippen LogP) is 1.67. The summed E-state index contributed by atoms with van der Waals surface area (Å²) in [5.41, 5.74) is 0.602. The van der Waals surface area contributed by atoms with Crippen molar-refractivity contribution in [1.29, 1.82) is 0 Å². The number of urea groups is 1. The molecular weight excluding hydrogens is 314 g/mol. The van der Waals surface area contributed by atoms with Gasteiger partial charge in [0.15, 0.2) is 6.61 Å². The maximum absolute atomic E-state index is 12.4. The second-order valence-electron chi connectivity index (χ2n) is 5.67. The van der Waals surface area contributed by atoms with Crippen molar-refractivity contribution in [3.63, 3.8) is 0 Å². The number of para-hydroxylation sites is 2. The number of carbonyl (C=O) groups is 3. The molecule has 0 bridgehead atoms. The molecule has 2 heterocycles. The monoisotopic (exact) mass is 333 g/mol. The maximum atomic E-state index is 12.4. The van der Waals surface area contributed by atoms with Crippen LogP contribution in [-0.4, -0.2) is 60.7 Å². The van der Waals surface area contributed by atoms with Crippen molar-refractivity contribution < 1.29 is 23.9 Å². The van der Waals surface area contributed by atoms with Gasteiger partial charge in [-0.3, -0.25) is 4.79 Å². The first-order valence-electron chi connectivity index (χ1n) is 7.78. The van der Waals surface area contributed by atoms with Crippen LogP contribution in [0.5, 0.6) is 5.75 Å². The summed E-state index contributed by atoms with van der Waals surface area (Å²) in [5, 5.41) is 2.82. The van der Waals surface area contributed by atoms with Crippen LogP contribution in [0.2, 0.25) is 0 Å². The maximum Gasteiger partial charge on any atom is 0.417 e. The first kappa shape index (κ1) is 16.1. The lowest BCUT2D eigenvalue weighted by molar-refractivity contribution is -0.127. The predicted molar refractivity (Wildman–Crippen MR) is 84.8 cm³/mol. The van der Waals surface area contributed by atoms with Gasteiger partial charge in [0.05, 0.1) is 12.8 Å². The first-order valence-corrected chi connectivity index (χ1v) is 7.78. The molecule has 2 aliphatic rings. The lowest BCUT2D eigenvalue weighted by Crippen LogP contribution is -2.49. The minimum atomic E-state index is -0.586. The van der Waals surface area contributed by atoms with E-state index in [4.69, 9.17) is 9.47 Å². The molecule has 2 saturated heterocycles. The molecule has 1 aromatic carbocycles. The van der Waals surface area contributed by atoms with Crippen LogP contribution >= 0.6 is 0 Å². The molecular formula is C16H19N3O5. The molecule has 24 heavy (non-hydrogen) atoms. The second kappa shape index (κ2) is 6.77. The smallest absolute Gasteiger partial charge is 0.417 e. The van der Waals surface area contributed by atoms with Gasteiger partial charge in [0.25, 0.3) is 5.91 Å². The van der Waals surface area contributed by atoms with Crippen molar-refractivity contribution in [2.24, 2.45) is 0 Å². The molecule has 0 radical (unpaired) electrons. The van der Waals surface area contributed by atoms with Gasteiger partial charge in [-0.05, 0) is 25.0 Å². The zero-order valence-electron chi connectivity index (χ0n) is 13.4. The van der Waals surface area contributed by atoms with Crippen molar-refractivity contribution in [3.05, 3.63) is 24.3 Å². The normalized spacial score (nSPS) is 18.5. The number of imide groups is 1. The molecule has 0 saturated carbocycles. The fourth-order valence-corrected chi connectivity index (χ4v) is 2.99. The quantitative estimate of drug-likeness (QED) is 0.909. The highest BCUT2D eigenvalue weighted by atomic mass is 16.6. The number of nitrogens with one attached hydrogen (secondary N) is 1. The number of methoxy groups -OCH3 is 1. The molecule has 1 aromatic rings. The van der Waals surface area contributed by atoms with Crippen LogP contribution < -0.4 is 10.1 Å². The molecule has 8 nitrogen and oxygen atoms in total. The number of ether oxygens (including phenoxy) is 2. The lowest BCUT2D eigenvalue weighted by Gasteiger charge is -2.34. The average Bonchev–Trinajstić information content (AvgIpc) is 2.94. The zero-order chi connectivity index (χ0) is 17.1. The summed E-state index contributed by atoms with van der Waals surface area (Å²) in [6, 6.07) is 6.74. The SMILES string of the molecule is COc1ccccc1NC(=O)N1CCC(N2C(=O)COC2=O)CC1. The van der Waals surface area contributed by atoms with Crippen LogP contribution in [0.4, 0.5) is 15.3 Å². The van der Waals surface area contributed by atoms with Gasteiger partial charge in [0, 0.05) is 19.1 Å². The molecule has 0 spiro atoms. The highest BCUT2D eigenvalue weighted by Crippen LogP contribution is 2.25. The Labute approximate surface area is 139 Å². The van der Waals surface area contributed by atoms with E-state index in [0.29, 0.717) is 37.4 Å². The van der Waals surface area contributed by atoms with Gasteiger partial charge in [-0.1, -0.05) is 12.1 Å². The molecule has 2 fully saturated rings. The highest BCUT2D eigenvalue weighted by Gasteiger charge is 2.39. The van der Waals surface area contributed by atoms with Crippen molar-refractivity contribution >= 4 is 23.7 Å². The Bertz CT molecular complexity index is 639. The Balaban J connectivity index is 1.57. The van der Waals surface area contributed by atoms with Crippen molar-refractivity contribution in [2.45, 2.75) is 18.9 Å². The number of amides is 4. The van der Waals surface area contributed by atoms with Gasteiger partial charge in [0.1, 0.15) is 5.75 Å². The molecule has 3 rings (SSSR count). The molecule has 128 valence electrons. The Kier molecular flexibility index (Phi) is 4.54. The van der Waals surface area contributed by atoms with Crippen LogP contribution in [0.15, 0.2) is 24.3 Å². The summed E-state index contributed by atoms with van der Waals surface area (Å²) in [4.78, 5) is 38.5. The van der Waals surface area contributed by atoms with Gasteiger partial charge < -0.3 is 19.7 Å². The van der Waals surface area contributed by atoms with E-state index in [9.17, 15) is 14.4 Å². The van der Waals surface area contributed by atoms with Gasteiger partial charge in [-0.2, -0.15) is 0 Å². The van der Waals surface area contributed by atoms with E-state index in [0.717, 1.165) is 0 Å². The fourth-order valence-electron chi connectivity index (χ4n) is 2.99. The van der Waals surface area contributed by atoms with Crippen molar-refractivity contribution in [2.75, 3.05) is 32.1 Å². The molecule has 2 aliphatic heterocycles. The minimum absolute atomic E-state index is 0.187. The van der Waals surface area contributed by atoms with Crippen LogP contribution in [-0.2, 0) is 9.53 Å². The Hall–Kier alpha value is -2.77. The second-order valence-corrected chi connectivity index (χ2v) is 5.67. The number of piperidine rings is 1. The third-order valence-electron chi connectivity index (χ3n) is 4.25. The molecule has 4 amide bonds. The molecule has 1 N–H and O–H groups in total. The minimum Gasteiger partial charge on any atom is -0.495 e. The number of carbonyl (C=O) groups excluding carboxylic acids is 3. The van der Waals surface area contributed by atoms with E-state index >= 15 is 0 Å². The summed E-state index contributed by atoms with van der Waals surface area (Å²) < 4.78 is 9.95. The summed E-state index contributed by atoms with van der Waals surface area (Å²) >= 11 is 0. The van der Waals surface area contributed by atoms with Crippen LogP contribution in [0.25, 0.3) is 0 Å². The van der Waals surface area contributed by atoms with Gasteiger partial charge in [-0.15, -0.1) is 0 Å². The summed E-state index contributed by atoms with van der Waals surface area (Å²) in [6.07, 6.45) is 0.498. The van der Waals surface area contributed by atoms with E-state index in [1.807, 2.05) is 12.1 Å². The number of hydrogen-bond acceptors (Lipinski definition) is 5. The number of cyclic esters (lactones) is 1. The van der Waals surface area contributed by atoms with Gasteiger partial charge in [-0.25, -0.2) is 14.5 Å². The number of hydrogen-bond donors (Lipinski definition) is 1.